The predicted octanol–water partition coefficient (Wildman–Crippen LogP) is 12.1. The van der Waals surface area contributed by atoms with Gasteiger partial charge in [0.15, 0.2) is 0 Å². The van der Waals surface area contributed by atoms with E-state index < -0.39 is 5.41 Å². The quantitative estimate of drug-likeness (QED) is 0.172. The number of anilines is 3. The first-order valence-corrected chi connectivity index (χ1v) is 17.6. The van der Waals surface area contributed by atoms with Gasteiger partial charge in [0.05, 0.1) is 16.2 Å². The molecule has 1 aromatic heterocycles. The Morgan fingerprint density at radius 2 is 1.02 bits per heavy atom. The summed E-state index contributed by atoms with van der Waals surface area (Å²) < 4.78 is 6.72. The molecule has 1 aliphatic rings. The van der Waals surface area contributed by atoms with Gasteiger partial charge in [0.2, 0.25) is 5.43 Å². The highest BCUT2D eigenvalue weighted by Crippen LogP contribution is 2.58. The van der Waals surface area contributed by atoms with Gasteiger partial charge in [-0.15, -0.1) is 0 Å². The minimum Gasteiger partial charge on any atom is -0.456 e. The molecule has 0 bridgehead atoms. The highest BCUT2D eigenvalue weighted by Gasteiger charge is 2.47. The molecule has 51 heavy (non-hydrogen) atoms. The second-order valence-corrected chi connectivity index (χ2v) is 14.5. The molecule has 9 rings (SSSR count). The molecule has 1 aliphatic carbocycles. The topological polar surface area (TPSA) is 33.5 Å². The summed E-state index contributed by atoms with van der Waals surface area (Å²) in [6.45, 7) is 6.53. The molecule has 0 N–H and O–H groups in total. The first-order chi connectivity index (χ1) is 24.8. The number of fused-ring (bicyclic) bond motifs is 5. The Kier molecular flexibility index (Phi) is 7.08. The summed E-state index contributed by atoms with van der Waals surface area (Å²) in [7, 11) is 0. The number of hydrogen-bond donors (Lipinski definition) is 0. The Morgan fingerprint density at radius 1 is 0.490 bits per heavy atom. The van der Waals surface area contributed by atoms with Crippen molar-refractivity contribution >= 4 is 39.0 Å². The molecule has 3 heteroatoms. The summed E-state index contributed by atoms with van der Waals surface area (Å²) in [6, 6.07) is 59.5. The second-order valence-electron chi connectivity index (χ2n) is 14.5. The molecule has 1 heterocycles. The molecule has 0 saturated carbocycles. The van der Waals surface area contributed by atoms with Crippen molar-refractivity contribution in [2.45, 2.75) is 31.6 Å². The van der Waals surface area contributed by atoms with E-state index >= 15 is 0 Å². The van der Waals surface area contributed by atoms with Crippen LogP contribution >= 0.6 is 0 Å². The van der Waals surface area contributed by atoms with E-state index in [1.165, 1.54) is 0 Å². The van der Waals surface area contributed by atoms with Crippen molar-refractivity contribution in [3.63, 3.8) is 0 Å². The van der Waals surface area contributed by atoms with Gasteiger partial charge >= 0.3 is 0 Å². The maximum Gasteiger partial charge on any atom is 0.200 e. The molecule has 0 radical (unpaired) electrons. The maximum atomic E-state index is 14.3. The average molecular weight is 660 g/mol. The van der Waals surface area contributed by atoms with E-state index in [4.69, 9.17) is 4.42 Å². The Labute approximate surface area is 298 Å². The van der Waals surface area contributed by atoms with Gasteiger partial charge < -0.3 is 9.32 Å². The van der Waals surface area contributed by atoms with Crippen molar-refractivity contribution in [1.29, 1.82) is 0 Å². The van der Waals surface area contributed by atoms with Crippen LogP contribution in [-0.4, -0.2) is 0 Å². The first kappa shape index (κ1) is 30.8. The number of rotatable bonds is 5. The average Bonchev–Trinajstić information content (AvgIpc) is 3.44. The molecular formula is C48H37NO2. The van der Waals surface area contributed by atoms with E-state index in [2.05, 4.69) is 183 Å². The molecule has 0 spiro atoms. The fraction of sp³-hybridized carbons (Fsp3) is 0.104. The van der Waals surface area contributed by atoms with Crippen molar-refractivity contribution in [3.8, 4) is 11.1 Å². The van der Waals surface area contributed by atoms with Gasteiger partial charge in [-0.25, -0.2) is 0 Å². The Bertz CT molecular complexity index is 2540. The highest BCUT2D eigenvalue weighted by atomic mass is 16.3. The molecule has 0 unspecified atom stereocenters. The first-order valence-electron chi connectivity index (χ1n) is 17.6. The lowest BCUT2D eigenvalue weighted by atomic mass is 9.67. The standard InChI is InChI=1S/C48H37NO2/c1-47(2,3)34-24-26-39-44(28-34)51-45-31-43-40(30-41(45)46(39)50)38-27-25-37(49(35-20-12-6-13-21-35)36-22-14-7-15-23-36)29-42(38)48(43,32-16-8-4-9-17-32)33-18-10-5-11-19-33/h4-31H,1-3H3. The lowest BCUT2D eigenvalue weighted by Gasteiger charge is -2.35. The molecule has 0 amide bonds. The van der Waals surface area contributed by atoms with Crippen LogP contribution in [0.5, 0.6) is 0 Å². The number of para-hydroxylation sites is 2. The van der Waals surface area contributed by atoms with Crippen molar-refractivity contribution in [2.75, 3.05) is 4.90 Å². The smallest absolute Gasteiger partial charge is 0.200 e. The van der Waals surface area contributed by atoms with Gasteiger partial charge in [-0.2, -0.15) is 0 Å². The van der Waals surface area contributed by atoms with Gasteiger partial charge in [0.1, 0.15) is 11.2 Å². The molecule has 0 saturated heterocycles. The van der Waals surface area contributed by atoms with E-state index in [9.17, 15) is 4.79 Å². The van der Waals surface area contributed by atoms with Crippen LogP contribution in [0.15, 0.2) is 179 Å². The van der Waals surface area contributed by atoms with Gasteiger partial charge in [-0.1, -0.05) is 130 Å². The van der Waals surface area contributed by atoms with Crippen LogP contribution in [0, 0.1) is 0 Å². The lowest BCUT2D eigenvalue weighted by Crippen LogP contribution is -2.28. The zero-order chi connectivity index (χ0) is 34.7. The van der Waals surface area contributed by atoms with Crippen LogP contribution in [0.4, 0.5) is 17.1 Å². The van der Waals surface area contributed by atoms with Gasteiger partial charge in [-0.3, -0.25) is 4.79 Å². The molecule has 0 fully saturated rings. The van der Waals surface area contributed by atoms with Crippen LogP contribution in [0.3, 0.4) is 0 Å². The molecule has 246 valence electrons. The van der Waals surface area contributed by atoms with Gasteiger partial charge in [0.25, 0.3) is 0 Å². The molecular weight excluding hydrogens is 623 g/mol. The Hall–Kier alpha value is -6.19. The van der Waals surface area contributed by atoms with Crippen LogP contribution in [0.25, 0.3) is 33.1 Å². The van der Waals surface area contributed by atoms with Crippen LogP contribution < -0.4 is 10.3 Å². The van der Waals surface area contributed by atoms with Crippen LogP contribution in [-0.2, 0) is 10.8 Å². The minimum atomic E-state index is -0.683. The van der Waals surface area contributed by atoms with Crippen LogP contribution in [0.1, 0.15) is 48.6 Å². The summed E-state index contributed by atoms with van der Waals surface area (Å²) in [6.07, 6.45) is 0. The van der Waals surface area contributed by atoms with Crippen molar-refractivity contribution in [3.05, 3.63) is 208 Å². The van der Waals surface area contributed by atoms with Crippen LogP contribution in [0.2, 0.25) is 0 Å². The third-order valence-electron chi connectivity index (χ3n) is 10.5. The molecule has 0 aliphatic heterocycles. The summed E-state index contributed by atoms with van der Waals surface area (Å²) >= 11 is 0. The molecule has 0 atom stereocenters. The van der Waals surface area contributed by atoms with Crippen molar-refractivity contribution in [1.82, 2.24) is 0 Å². The van der Waals surface area contributed by atoms with E-state index in [0.717, 1.165) is 56.0 Å². The van der Waals surface area contributed by atoms with E-state index in [0.29, 0.717) is 21.9 Å². The Morgan fingerprint density at radius 3 is 1.59 bits per heavy atom. The van der Waals surface area contributed by atoms with Gasteiger partial charge in [-0.05, 0) is 105 Å². The van der Waals surface area contributed by atoms with E-state index in [1.54, 1.807) is 0 Å². The monoisotopic (exact) mass is 659 g/mol. The zero-order valence-corrected chi connectivity index (χ0v) is 28.9. The summed E-state index contributed by atoms with van der Waals surface area (Å²) in [5, 5.41) is 1.19. The van der Waals surface area contributed by atoms with E-state index in [1.807, 2.05) is 12.1 Å². The Balaban J connectivity index is 1.38. The number of nitrogens with zero attached hydrogens (tertiary/aromatic N) is 1. The minimum absolute atomic E-state index is 0.0102. The predicted molar refractivity (Wildman–Crippen MR) is 211 cm³/mol. The third-order valence-corrected chi connectivity index (χ3v) is 10.5. The summed E-state index contributed by atoms with van der Waals surface area (Å²) in [4.78, 5) is 16.6. The summed E-state index contributed by atoms with van der Waals surface area (Å²) in [5.74, 6) is 0. The second kappa shape index (κ2) is 11.7. The SMILES string of the molecule is CC(C)(C)c1ccc2c(=O)c3cc4c(cc3oc2c1)C(c1ccccc1)(c1ccccc1)c1cc(N(c2ccccc2)c2ccccc2)ccc1-4. The normalized spacial score (nSPS) is 13.2. The molecule has 7 aromatic carbocycles. The van der Waals surface area contributed by atoms with Crippen molar-refractivity contribution < 1.29 is 4.42 Å². The molecule has 8 aromatic rings. The van der Waals surface area contributed by atoms with Crippen molar-refractivity contribution in [2.24, 2.45) is 0 Å². The van der Waals surface area contributed by atoms with E-state index in [-0.39, 0.29) is 10.8 Å². The fourth-order valence-corrected chi connectivity index (χ4v) is 8.03. The zero-order valence-electron chi connectivity index (χ0n) is 28.9. The fourth-order valence-electron chi connectivity index (χ4n) is 8.03. The summed E-state index contributed by atoms with van der Waals surface area (Å²) in [5.41, 5.74) is 11.5. The van der Waals surface area contributed by atoms with Gasteiger partial charge in [0, 0.05) is 17.1 Å². The maximum absolute atomic E-state index is 14.3. The molecule has 3 nitrogen and oxygen atoms in total. The largest absolute Gasteiger partial charge is 0.456 e. The highest BCUT2D eigenvalue weighted by molar-refractivity contribution is 5.98. The lowest BCUT2D eigenvalue weighted by molar-refractivity contribution is 0.587. The number of benzene rings is 7. The third kappa shape index (κ3) is 4.84. The number of hydrogen-bond acceptors (Lipinski definition) is 3.